The Kier molecular flexibility index (Phi) is 4.75. The maximum Gasteiger partial charge on any atom is 0.339 e. The van der Waals surface area contributed by atoms with E-state index in [4.69, 9.17) is 27.9 Å². The Labute approximate surface area is 170 Å². The topological polar surface area (TPSA) is 60.4 Å². The molecule has 0 N–H and O–H groups in total. The summed E-state index contributed by atoms with van der Waals surface area (Å²) in [5, 5.41) is 0.843. The van der Waals surface area contributed by atoms with Crippen LogP contribution in [-0.2, 0) is 11.3 Å². The van der Waals surface area contributed by atoms with Crippen LogP contribution in [-0.4, -0.2) is 17.5 Å². The third kappa shape index (κ3) is 3.11. The van der Waals surface area contributed by atoms with Crippen LogP contribution in [0.25, 0.3) is 0 Å². The van der Waals surface area contributed by atoms with Crippen LogP contribution in [0.15, 0.2) is 60.7 Å². The number of ketones is 2. The molecule has 6 heteroatoms. The highest BCUT2D eigenvalue weighted by Crippen LogP contribution is 2.30. The summed E-state index contributed by atoms with van der Waals surface area (Å²) < 4.78 is 5.34. The highest BCUT2D eigenvalue weighted by molar-refractivity contribution is 6.35. The van der Waals surface area contributed by atoms with E-state index < -0.39 is 5.97 Å². The maximum absolute atomic E-state index is 12.9. The normalized spacial score (nSPS) is 12.4. The van der Waals surface area contributed by atoms with Gasteiger partial charge in [-0.25, -0.2) is 4.79 Å². The van der Waals surface area contributed by atoms with E-state index in [0.29, 0.717) is 21.2 Å². The minimum absolute atomic E-state index is 0.0513. The molecule has 0 radical (unpaired) electrons. The second-order valence-corrected chi connectivity index (χ2v) is 7.09. The van der Waals surface area contributed by atoms with Gasteiger partial charge < -0.3 is 4.74 Å². The van der Waals surface area contributed by atoms with Gasteiger partial charge in [-0.3, -0.25) is 9.59 Å². The molecule has 1 aliphatic carbocycles. The van der Waals surface area contributed by atoms with Crippen molar-refractivity contribution in [3.8, 4) is 0 Å². The fourth-order valence-electron chi connectivity index (χ4n) is 3.17. The zero-order valence-corrected chi connectivity index (χ0v) is 15.9. The Bertz CT molecular complexity index is 1150. The number of carbonyl (C=O) groups excluding carboxylic acids is 3. The van der Waals surface area contributed by atoms with E-state index in [1.165, 1.54) is 6.07 Å². The first kappa shape index (κ1) is 18.4. The summed E-state index contributed by atoms with van der Waals surface area (Å²) in [6, 6.07) is 16.0. The lowest BCUT2D eigenvalue weighted by Crippen LogP contribution is -2.24. The Morgan fingerprint density at radius 1 is 0.821 bits per heavy atom. The van der Waals surface area contributed by atoms with Gasteiger partial charge in [-0.2, -0.15) is 0 Å². The molecule has 3 aromatic rings. The lowest BCUT2D eigenvalue weighted by atomic mass is 9.82. The van der Waals surface area contributed by atoms with Crippen molar-refractivity contribution in [1.82, 2.24) is 0 Å². The first-order valence-corrected chi connectivity index (χ1v) is 9.15. The summed E-state index contributed by atoms with van der Waals surface area (Å²) >= 11 is 12.0. The molecule has 0 saturated heterocycles. The van der Waals surface area contributed by atoms with Crippen LogP contribution in [0.2, 0.25) is 10.0 Å². The molecule has 0 unspecified atom stereocenters. The largest absolute Gasteiger partial charge is 0.457 e. The predicted octanol–water partition coefficient (Wildman–Crippen LogP) is 5.13. The molecule has 0 bridgehead atoms. The van der Waals surface area contributed by atoms with Crippen molar-refractivity contribution in [3.05, 3.63) is 104 Å². The highest BCUT2D eigenvalue weighted by atomic mass is 35.5. The molecule has 28 heavy (non-hydrogen) atoms. The molecule has 1 aliphatic rings. The van der Waals surface area contributed by atoms with Crippen LogP contribution >= 0.6 is 23.2 Å². The van der Waals surface area contributed by atoms with Crippen molar-refractivity contribution < 1.29 is 19.1 Å². The second-order valence-electron chi connectivity index (χ2n) is 6.24. The van der Waals surface area contributed by atoms with Crippen LogP contribution < -0.4 is 0 Å². The number of halogens is 2. The van der Waals surface area contributed by atoms with Gasteiger partial charge in [0.2, 0.25) is 0 Å². The van der Waals surface area contributed by atoms with Gasteiger partial charge >= 0.3 is 5.97 Å². The number of ether oxygens (including phenoxy) is 1. The van der Waals surface area contributed by atoms with Gasteiger partial charge in [-0.15, -0.1) is 0 Å². The number of rotatable bonds is 3. The third-order valence-electron chi connectivity index (χ3n) is 4.55. The van der Waals surface area contributed by atoms with Gasteiger partial charge in [-0.05, 0) is 18.2 Å². The van der Waals surface area contributed by atoms with E-state index in [1.807, 2.05) is 0 Å². The molecule has 0 heterocycles. The van der Waals surface area contributed by atoms with E-state index in [-0.39, 0.29) is 40.4 Å². The molecule has 4 nitrogen and oxygen atoms in total. The zero-order valence-electron chi connectivity index (χ0n) is 14.4. The Morgan fingerprint density at radius 3 is 2.21 bits per heavy atom. The molecule has 0 amide bonds. The van der Waals surface area contributed by atoms with Gasteiger partial charge in [0.15, 0.2) is 11.6 Å². The average Bonchev–Trinajstić information content (AvgIpc) is 2.70. The van der Waals surface area contributed by atoms with Crippen molar-refractivity contribution in [1.29, 1.82) is 0 Å². The fraction of sp³-hybridized carbons (Fsp3) is 0.0455. The van der Waals surface area contributed by atoms with Crippen LogP contribution in [0.4, 0.5) is 0 Å². The standard InChI is InChI=1S/C22H12Cl2O4/c23-13-9-8-12(18(24)10-13)11-28-22(27)17-7-3-6-16-19(17)21(26)15-5-2-1-4-14(15)20(16)25/h1-10H,11H2. The van der Waals surface area contributed by atoms with Crippen LogP contribution in [0.5, 0.6) is 0 Å². The van der Waals surface area contributed by atoms with Crippen LogP contribution in [0.1, 0.15) is 47.8 Å². The van der Waals surface area contributed by atoms with Gasteiger partial charge in [0.05, 0.1) is 5.56 Å². The fourth-order valence-corrected chi connectivity index (χ4v) is 3.64. The SMILES string of the molecule is O=C(OCc1ccc(Cl)cc1Cl)c1cccc2c1C(=O)c1ccccc1C2=O. The lowest BCUT2D eigenvalue weighted by Gasteiger charge is -2.19. The summed E-state index contributed by atoms with van der Waals surface area (Å²) in [5.74, 6) is -1.37. The molecule has 4 rings (SSSR count). The van der Waals surface area contributed by atoms with Crippen molar-refractivity contribution in [3.63, 3.8) is 0 Å². The van der Waals surface area contributed by atoms with E-state index in [0.717, 1.165) is 0 Å². The number of benzene rings is 3. The van der Waals surface area contributed by atoms with E-state index >= 15 is 0 Å². The summed E-state index contributed by atoms with van der Waals surface area (Å²) in [6.07, 6.45) is 0. The monoisotopic (exact) mass is 410 g/mol. The van der Waals surface area contributed by atoms with E-state index in [1.54, 1.807) is 54.6 Å². The smallest absolute Gasteiger partial charge is 0.339 e. The lowest BCUT2D eigenvalue weighted by molar-refractivity contribution is 0.0470. The first-order valence-electron chi connectivity index (χ1n) is 8.40. The first-order chi connectivity index (χ1) is 13.5. The van der Waals surface area contributed by atoms with Gasteiger partial charge in [0.25, 0.3) is 0 Å². The number of carbonyl (C=O) groups is 3. The number of hydrogen-bond donors (Lipinski definition) is 0. The van der Waals surface area contributed by atoms with Crippen LogP contribution in [0, 0.1) is 0 Å². The maximum atomic E-state index is 12.9. The molecule has 0 aromatic heterocycles. The number of hydrogen-bond acceptors (Lipinski definition) is 4. The molecule has 0 saturated carbocycles. The van der Waals surface area contributed by atoms with Gasteiger partial charge in [-0.1, -0.05) is 65.7 Å². The molecule has 0 spiro atoms. The number of fused-ring (bicyclic) bond motifs is 2. The van der Waals surface area contributed by atoms with Crippen molar-refractivity contribution in [2.24, 2.45) is 0 Å². The molecule has 3 aromatic carbocycles. The Balaban J connectivity index is 1.67. The highest BCUT2D eigenvalue weighted by Gasteiger charge is 2.33. The average molecular weight is 411 g/mol. The minimum atomic E-state index is -0.705. The van der Waals surface area contributed by atoms with Crippen LogP contribution in [0.3, 0.4) is 0 Å². The van der Waals surface area contributed by atoms with E-state index in [9.17, 15) is 14.4 Å². The molecular formula is C22H12Cl2O4. The summed E-state index contributed by atoms with van der Waals surface area (Å²) in [7, 11) is 0. The quantitative estimate of drug-likeness (QED) is 0.439. The molecule has 0 fully saturated rings. The van der Waals surface area contributed by atoms with Crippen molar-refractivity contribution in [2.45, 2.75) is 6.61 Å². The summed E-state index contributed by atoms with van der Waals surface area (Å²) in [5.41, 5.74) is 1.51. The Morgan fingerprint density at radius 2 is 1.50 bits per heavy atom. The summed E-state index contributed by atoms with van der Waals surface area (Å²) in [4.78, 5) is 38.4. The predicted molar refractivity (Wildman–Crippen MR) is 105 cm³/mol. The van der Waals surface area contributed by atoms with E-state index in [2.05, 4.69) is 0 Å². The molecule has 138 valence electrons. The molecule has 0 atom stereocenters. The van der Waals surface area contributed by atoms with Crippen molar-refractivity contribution in [2.75, 3.05) is 0 Å². The minimum Gasteiger partial charge on any atom is -0.457 e. The van der Waals surface area contributed by atoms with Gasteiger partial charge in [0.1, 0.15) is 6.61 Å². The summed E-state index contributed by atoms with van der Waals surface area (Å²) in [6.45, 7) is -0.0861. The second kappa shape index (κ2) is 7.23. The number of esters is 1. The third-order valence-corrected chi connectivity index (χ3v) is 5.13. The molecular weight excluding hydrogens is 399 g/mol. The Hall–Kier alpha value is -2.95. The zero-order chi connectivity index (χ0) is 19.8. The van der Waals surface area contributed by atoms with Gasteiger partial charge in [0, 0.05) is 37.9 Å². The molecule has 0 aliphatic heterocycles. The van der Waals surface area contributed by atoms with Crippen molar-refractivity contribution >= 4 is 40.7 Å².